The molecule has 0 rings (SSSR count). The maximum absolute atomic E-state index is 11.2. The number of rotatable bonds is 6. The Hall–Kier alpha value is -1.01. The van der Waals surface area contributed by atoms with Crippen LogP contribution in [0.5, 0.6) is 0 Å². The minimum atomic E-state index is -0.130. The van der Waals surface area contributed by atoms with Crippen molar-refractivity contribution in [1.82, 2.24) is 5.32 Å². The van der Waals surface area contributed by atoms with Crippen LogP contribution in [0.15, 0.2) is 0 Å². The van der Waals surface area contributed by atoms with Crippen LogP contribution in [-0.4, -0.2) is 25.7 Å². The van der Waals surface area contributed by atoms with Crippen molar-refractivity contribution in [3.8, 4) is 12.3 Å². The van der Waals surface area contributed by atoms with Gasteiger partial charge in [-0.05, 0) is 12.8 Å². The lowest BCUT2D eigenvalue weighted by atomic mass is 10.2. The molecule has 0 aliphatic carbocycles. The number of terminal acetylenes is 1. The fraction of sp³-hybridized carbons (Fsp3) is 0.700. The second-order valence-electron chi connectivity index (χ2n) is 2.79. The summed E-state index contributed by atoms with van der Waals surface area (Å²) >= 11 is 0. The second kappa shape index (κ2) is 7.63. The van der Waals surface area contributed by atoms with E-state index in [1.54, 1.807) is 7.11 Å². The van der Waals surface area contributed by atoms with Gasteiger partial charge in [0, 0.05) is 20.1 Å². The minimum absolute atomic E-state index is 0.00171. The van der Waals surface area contributed by atoms with Crippen LogP contribution in [0, 0.1) is 12.3 Å². The van der Waals surface area contributed by atoms with Crippen LogP contribution in [-0.2, 0) is 9.53 Å². The van der Waals surface area contributed by atoms with Gasteiger partial charge in [0.15, 0.2) is 0 Å². The van der Waals surface area contributed by atoms with Crippen molar-refractivity contribution in [3.63, 3.8) is 0 Å². The van der Waals surface area contributed by atoms with Gasteiger partial charge in [-0.3, -0.25) is 4.79 Å². The predicted octanol–water partition coefficient (Wildman–Crippen LogP) is 0.941. The molecular weight excluding hydrogens is 166 g/mol. The molecule has 13 heavy (non-hydrogen) atoms. The SMILES string of the molecule is C#CC(CC)NC(=O)CCCOC. The number of amides is 1. The Labute approximate surface area is 79.8 Å². The van der Waals surface area contributed by atoms with Crippen LogP contribution >= 0.6 is 0 Å². The van der Waals surface area contributed by atoms with E-state index >= 15 is 0 Å². The molecule has 1 amide bonds. The monoisotopic (exact) mass is 183 g/mol. The molecule has 0 radical (unpaired) electrons. The van der Waals surface area contributed by atoms with Crippen molar-refractivity contribution in [2.75, 3.05) is 13.7 Å². The number of nitrogens with one attached hydrogen (secondary N) is 1. The Morgan fingerprint density at radius 1 is 1.69 bits per heavy atom. The van der Waals surface area contributed by atoms with Crippen LogP contribution in [0.25, 0.3) is 0 Å². The van der Waals surface area contributed by atoms with E-state index in [-0.39, 0.29) is 11.9 Å². The van der Waals surface area contributed by atoms with Crippen LogP contribution < -0.4 is 5.32 Å². The van der Waals surface area contributed by atoms with E-state index in [4.69, 9.17) is 11.2 Å². The number of carbonyl (C=O) groups excluding carboxylic acids is 1. The molecule has 3 nitrogen and oxygen atoms in total. The molecule has 0 bridgehead atoms. The highest BCUT2D eigenvalue weighted by Gasteiger charge is 2.06. The number of ether oxygens (including phenoxy) is 1. The third-order valence-electron chi connectivity index (χ3n) is 1.70. The molecule has 0 heterocycles. The molecule has 0 aromatic carbocycles. The van der Waals surface area contributed by atoms with Gasteiger partial charge in [-0.1, -0.05) is 12.8 Å². The number of carbonyl (C=O) groups is 1. The van der Waals surface area contributed by atoms with Gasteiger partial charge in [0.1, 0.15) is 0 Å². The zero-order chi connectivity index (χ0) is 10.1. The summed E-state index contributed by atoms with van der Waals surface area (Å²) in [5.41, 5.74) is 0. The normalized spacial score (nSPS) is 11.8. The molecular formula is C10H17NO2. The van der Waals surface area contributed by atoms with Gasteiger partial charge in [-0.25, -0.2) is 0 Å². The Balaban J connectivity index is 3.56. The zero-order valence-electron chi connectivity index (χ0n) is 8.30. The summed E-state index contributed by atoms with van der Waals surface area (Å²) < 4.78 is 4.83. The van der Waals surface area contributed by atoms with Gasteiger partial charge in [0.05, 0.1) is 6.04 Å². The number of hydrogen-bond acceptors (Lipinski definition) is 2. The summed E-state index contributed by atoms with van der Waals surface area (Å²) in [4.78, 5) is 11.2. The lowest BCUT2D eigenvalue weighted by Gasteiger charge is -2.09. The third kappa shape index (κ3) is 6.18. The quantitative estimate of drug-likeness (QED) is 0.491. The van der Waals surface area contributed by atoms with Crippen molar-refractivity contribution < 1.29 is 9.53 Å². The van der Waals surface area contributed by atoms with Gasteiger partial charge < -0.3 is 10.1 Å². The van der Waals surface area contributed by atoms with E-state index in [1.807, 2.05) is 6.92 Å². The summed E-state index contributed by atoms with van der Waals surface area (Å²) in [6.07, 6.45) is 7.18. The van der Waals surface area contributed by atoms with E-state index in [0.717, 1.165) is 12.8 Å². The lowest BCUT2D eigenvalue weighted by Crippen LogP contribution is -2.33. The fourth-order valence-corrected chi connectivity index (χ4v) is 0.905. The first-order chi connectivity index (χ1) is 6.24. The molecule has 1 N–H and O–H groups in total. The van der Waals surface area contributed by atoms with Gasteiger partial charge in [0.25, 0.3) is 0 Å². The molecule has 3 heteroatoms. The zero-order valence-corrected chi connectivity index (χ0v) is 8.30. The van der Waals surface area contributed by atoms with E-state index in [9.17, 15) is 4.79 Å². The molecule has 0 saturated carbocycles. The molecule has 0 fully saturated rings. The Bertz CT molecular complexity index is 184. The number of methoxy groups -OCH3 is 1. The van der Waals surface area contributed by atoms with E-state index in [1.165, 1.54) is 0 Å². The van der Waals surface area contributed by atoms with Crippen LogP contribution in [0.1, 0.15) is 26.2 Å². The molecule has 0 aromatic rings. The minimum Gasteiger partial charge on any atom is -0.385 e. The average molecular weight is 183 g/mol. The Kier molecular flexibility index (Phi) is 7.04. The van der Waals surface area contributed by atoms with E-state index < -0.39 is 0 Å². The van der Waals surface area contributed by atoms with E-state index in [2.05, 4.69) is 11.2 Å². The highest BCUT2D eigenvalue weighted by atomic mass is 16.5. The molecule has 1 unspecified atom stereocenters. The third-order valence-corrected chi connectivity index (χ3v) is 1.70. The standard InChI is InChI=1S/C10H17NO2/c1-4-9(5-2)11-10(12)7-6-8-13-3/h1,9H,5-8H2,2-3H3,(H,11,12). The number of hydrogen-bond donors (Lipinski definition) is 1. The summed E-state index contributed by atoms with van der Waals surface area (Å²) in [5.74, 6) is 2.51. The highest BCUT2D eigenvalue weighted by Crippen LogP contribution is 1.93. The average Bonchev–Trinajstić information content (AvgIpc) is 2.14. The molecule has 0 saturated heterocycles. The smallest absolute Gasteiger partial charge is 0.221 e. The summed E-state index contributed by atoms with van der Waals surface area (Å²) in [6.45, 7) is 2.56. The van der Waals surface area contributed by atoms with Crippen molar-refractivity contribution in [3.05, 3.63) is 0 Å². The van der Waals surface area contributed by atoms with Crippen molar-refractivity contribution in [2.45, 2.75) is 32.2 Å². The van der Waals surface area contributed by atoms with Crippen LogP contribution in [0.2, 0.25) is 0 Å². The van der Waals surface area contributed by atoms with Gasteiger partial charge in [-0.2, -0.15) is 0 Å². The predicted molar refractivity (Wildman–Crippen MR) is 52.2 cm³/mol. The largest absolute Gasteiger partial charge is 0.385 e. The van der Waals surface area contributed by atoms with Crippen molar-refractivity contribution in [2.24, 2.45) is 0 Å². The first-order valence-corrected chi connectivity index (χ1v) is 4.49. The van der Waals surface area contributed by atoms with Crippen molar-refractivity contribution >= 4 is 5.91 Å². The van der Waals surface area contributed by atoms with Gasteiger partial charge in [0.2, 0.25) is 5.91 Å². The topological polar surface area (TPSA) is 38.3 Å². The van der Waals surface area contributed by atoms with E-state index in [0.29, 0.717) is 13.0 Å². The first kappa shape index (κ1) is 12.0. The Morgan fingerprint density at radius 3 is 2.85 bits per heavy atom. The Morgan fingerprint density at radius 2 is 2.38 bits per heavy atom. The molecule has 0 aliphatic rings. The van der Waals surface area contributed by atoms with Gasteiger partial charge in [-0.15, -0.1) is 6.42 Å². The molecule has 0 spiro atoms. The van der Waals surface area contributed by atoms with Crippen LogP contribution in [0.4, 0.5) is 0 Å². The molecule has 74 valence electrons. The molecule has 1 atom stereocenters. The lowest BCUT2D eigenvalue weighted by molar-refractivity contribution is -0.121. The maximum Gasteiger partial charge on any atom is 0.221 e. The fourth-order valence-electron chi connectivity index (χ4n) is 0.905. The highest BCUT2D eigenvalue weighted by molar-refractivity contribution is 5.76. The first-order valence-electron chi connectivity index (χ1n) is 4.49. The van der Waals surface area contributed by atoms with Crippen molar-refractivity contribution in [1.29, 1.82) is 0 Å². The second-order valence-corrected chi connectivity index (χ2v) is 2.79. The summed E-state index contributed by atoms with van der Waals surface area (Å²) in [6, 6.07) is -0.130. The summed E-state index contributed by atoms with van der Waals surface area (Å²) in [5, 5.41) is 2.74. The molecule has 0 aromatic heterocycles. The van der Waals surface area contributed by atoms with Crippen LogP contribution in [0.3, 0.4) is 0 Å². The summed E-state index contributed by atoms with van der Waals surface area (Å²) in [7, 11) is 1.62. The van der Waals surface area contributed by atoms with Gasteiger partial charge >= 0.3 is 0 Å². The maximum atomic E-state index is 11.2. The molecule has 0 aliphatic heterocycles.